The van der Waals surface area contributed by atoms with Crippen molar-refractivity contribution in [1.29, 1.82) is 0 Å². The van der Waals surface area contributed by atoms with Crippen LogP contribution in [0.25, 0.3) is 22.3 Å². The molecule has 0 unspecified atom stereocenters. The maximum absolute atomic E-state index is 3.88. The fourth-order valence-electron chi connectivity index (χ4n) is 7.24. The molecule has 4 aromatic heterocycles. The molecule has 1 aliphatic rings. The number of H-pyrrole nitrogens is 4. The van der Waals surface area contributed by atoms with E-state index in [9.17, 15) is 0 Å². The SMILES string of the molecule is Cc1ccc(C2=c3ccc([nH]3)=C(c3ccc(I)cc3)c3ccc([nH]3)C(c3ccc(C)cc3)=c3ccc([nH]3)=C(c3ccc(I)cc3)c3ccc2[nH]3)cc1. The molecular weight excluding hydrogens is 862 g/mol. The van der Waals surface area contributed by atoms with E-state index in [1.807, 2.05) is 0 Å². The molecule has 6 heteroatoms. The maximum Gasteiger partial charge on any atom is 0.0485 e. The number of hydrogen-bond donors (Lipinski definition) is 4. The molecule has 0 amide bonds. The average Bonchev–Trinajstić information content (AvgIpc) is 3.99. The van der Waals surface area contributed by atoms with Crippen molar-refractivity contribution in [2.75, 3.05) is 0 Å². The first-order valence-corrected chi connectivity index (χ1v) is 19.5. The van der Waals surface area contributed by atoms with Crippen molar-refractivity contribution in [3.05, 3.63) is 230 Å². The second-order valence-corrected chi connectivity index (χ2v) is 15.9. The molecule has 5 heterocycles. The van der Waals surface area contributed by atoms with Crippen molar-refractivity contribution < 1.29 is 0 Å². The van der Waals surface area contributed by atoms with E-state index >= 15 is 0 Å². The lowest BCUT2D eigenvalue weighted by atomic mass is 10.0. The predicted molar refractivity (Wildman–Crippen MR) is 229 cm³/mol. The number of benzene rings is 4. The standard InChI is InChI=1S/C46H34I2N4/c1-27-3-7-29(8-4-27)43-35-19-23-39(49-35)45(31-11-15-33(47)16-12-31)41-25-21-37(51-41)44(30-9-5-28(2)6-10-30)38-22-26-42(52-38)46(40-24-20-36(43)50-40)32-13-17-34(48)18-14-32/h3-26,49-52H,1-2H3. The first kappa shape index (κ1) is 32.8. The van der Waals surface area contributed by atoms with Crippen LogP contribution in [0.1, 0.15) is 56.2 Å². The Morgan fingerprint density at radius 2 is 0.538 bits per heavy atom. The van der Waals surface area contributed by atoms with Crippen LogP contribution >= 0.6 is 45.2 Å². The maximum atomic E-state index is 3.88. The highest BCUT2D eigenvalue weighted by molar-refractivity contribution is 14.1. The smallest absolute Gasteiger partial charge is 0.0485 e. The van der Waals surface area contributed by atoms with Gasteiger partial charge in [0.25, 0.3) is 0 Å². The molecule has 0 saturated heterocycles. The molecule has 1 aliphatic heterocycles. The van der Waals surface area contributed by atoms with Crippen molar-refractivity contribution in [3.63, 3.8) is 0 Å². The van der Waals surface area contributed by atoms with Gasteiger partial charge in [0, 0.05) is 73.6 Å². The summed E-state index contributed by atoms with van der Waals surface area (Å²) in [5, 5.41) is 4.16. The summed E-state index contributed by atoms with van der Waals surface area (Å²) in [4.78, 5) is 15.5. The number of rotatable bonds is 4. The Hall–Kier alpha value is -5.06. The third kappa shape index (κ3) is 6.13. The minimum atomic E-state index is 1.04. The summed E-state index contributed by atoms with van der Waals surface area (Å²) in [6.45, 7) is 4.27. The van der Waals surface area contributed by atoms with Gasteiger partial charge < -0.3 is 19.9 Å². The number of nitrogens with one attached hydrogen (secondary N) is 4. The summed E-state index contributed by atoms with van der Waals surface area (Å²) in [6.07, 6.45) is 0. The number of aryl methyl sites for hydroxylation is 2. The lowest BCUT2D eigenvalue weighted by Gasteiger charge is -2.10. The molecule has 4 N–H and O–H groups in total. The van der Waals surface area contributed by atoms with E-state index in [4.69, 9.17) is 0 Å². The summed E-state index contributed by atoms with van der Waals surface area (Å²) >= 11 is 4.75. The normalized spacial score (nSPS) is 12.8. The number of aromatic nitrogens is 4. The van der Waals surface area contributed by atoms with Crippen molar-refractivity contribution >= 4 is 67.5 Å². The molecule has 8 aromatic rings. The third-order valence-electron chi connectivity index (χ3n) is 9.84. The molecule has 4 aromatic carbocycles. The summed E-state index contributed by atoms with van der Waals surface area (Å²) in [5.74, 6) is 0. The quantitative estimate of drug-likeness (QED) is 0.129. The molecule has 8 bridgehead atoms. The molecule has 0 saturated carbocycles. The average molecular weight is 897 g/mol. The monoisotopic (exact) mass is 896 g/mol. The summed E-state index contributed by atoms with van der Waals surface area (Å²) in [5.41, 5.74) is 15.6. The molecule has 0 fully saturated rings. The Labute approximate surface area is 329 Å². The van der Waals surface area contributed by atoms with Gasteiger partial charge in [-0.15, -0.1) is 0 Å². The van der Waals surface area contributed by atoms with Crippen molar-refractivity contribution in [1.82, 2.24) is 19.9 Å². The van der Waals surface area contributed by atoms with Crippen LogP contribution in [0.15, 0.2) is 146 Å². The first-order chi connectivity index (χ1) is 25.4. The molecule has 9 rings (SSSR count). The van der Waals surface area contributed by atoms with Crippen LogP contribution < -0.4 is 21.4 Å². The van der Waals surface area contributed by atoms with E-state index in [2.05, 4.69) is 225 Å². The summed E-state index contributed by atoms with van der Waals surface area (Å²) in [7, 11) is 0. The largest absolute Gasteiger partial charge is 0.354 e. The van der Waals surface area contributed by atoms with Crippen LogP contribution in [-0.2, 0) is 0 Å². The van der Waals surface area contributed by atoms with E-state index in [1.165, 1.54) is 18.3 Å². The lowest BCUT2D eigenvalue weighted by Crippen LogP contribution is -2.19. The molecule has 252 valence electrons. The van der Waals surface area contributed by atoms with E-state index in [0.717, 1.165) is 88.7 Å². The molecule has 0 spiro atoms. The Morgan fingerprint density at radius 3 is 0.808 bits per heavy atom. The van der Waals surface area contributed by atoms with E-state index in [1.54, 1.807) is 0 Å². The van der Waals surface area contributed by atoms with Gasteiger partial charge in [-0.25, -0.2) is 0 Å². The van der Waals surface area contributed by atoms with Gasteiger partial charge in [0.1, 0.15) is 0 Å². The van der Waals surface area contributed by atoms with Crippen LogP contribution in [0.5, 0.6) is 0 Å². The van der Waals surface area contributed by atoms with E-state index in [0.29, 0.717) is 0 Å². The highest BCUT2D eigenvalue weighted by atomic mass is 127. The number of halogens is 2. The molecule has 52 heavy (non-hydrogen) atoms. The minimum absolute atomic E-state index is 1.04. The highest BCUT2D eigenvalue weighted by Gasteiger charge is 2.18. The minimum Gasteiger partial charge on any atom is -0.354 e. The zero-order valence-corrected chi connectivity index (χ0v) is 32.9. The van der Waals surface area contributed by atoms with Crippen LogP contribution in [0.4, 0.5) is 0 Å². The fourth-order valence-corrected chi connectivity index (χ4v) is 7.96. The fraction of sp³-hybridized carbons (Fsp3) is 0.0435. The van der Waals surface area contributed by atoms with Crippen LogP contribution in [-0.4, -0.2) is 19.9 Å². The Kier molecular flexibility index (Phi) is 8.51. The molecule has 0 radical (unpaired) electrons. The predicted octanol–water partition coefficient (Wildman–Crippen LogP) is 8.13. The van der Waals surface area contributed by atoms with Crippen LogP contribution in [0.3, 0.4) is 0 Å². The van der Waals surface area contributed by atoms with Crippen LogP contribution in [0.2, 0.25) is 0 Å². The zero-order chi connectivity index (χ0) is 35.3. The third-order valence-corrected chi connectivity index (χ3v) is 11.3. The Balaban J connectivity index is 1.43. The first-order valence-electron chi connectivity index (χ1n) is 17.3. The van der Waals surface area contributed by atoms with Gasteiger partial charge in [0.05, 0.1) is 0 Å². The van der Waals surface area contributed by atoms with E-state index in [-0.39, 0.29) is 0 Å². The highest BCUT2D eigenvalue weighted by Crippen LogP contribution is 2.28. The van der Waals surface area contributed by atoms with Gasteiger partial charge in [-0.3, -0.25) is 0 Å². The number of hydrogen-bond acceptors (Lipinski definition) is 0. The summed E-state index contributed by atoms with van der Waals surface area (Å²) in [6, 6.07) is 52.8. The van der Waals surface area contributed by atoms with Gasteiger partial charge in [-0.1, -0.05) is 83.9 Å². The molecule has 4 nitrogen and oxygen atoms in total. The number of fused-ring (bicyclic) bond motifs is 8. The van der Waals surface area contributed by atoms with E-state index < -0.39 is 0 Å². The van der Waals surface area contributed by atoms with Crippen molar-refractivity contribution in [2.24, 2.45) is 0 Å². The topological polar surface area (TPSA) is 63.2 Å². The van der Waals surface area contributed by atoms with Crippen LogP contribution in [0, 0.1) is 21.0 Å². The molecule has 0 aliphatic carbocycles. The molecular formula is C46H34I2N4. The zero-order valence-electron chi connectivity index (χ0n) is 28.6. The number of aromatic amines is 4. The van der Waals surface area contributed by atoms with Gasteiger partial charge in [-0.05, 0) is 154 Å². The van der Waals surface area contributed by atoms with Crippen molar-refractivity contribution in [2.45, 2.75) is 13.8 Å². The van der Waals surface area contributed by atoms with Gasteiger partial charge in [0.15, 0.2) is 0 Å². The molecule has 0 atom stereocenters. The lowest BCUT2D eigenvalue weighted by molar-refractivity contribution is 1.19. The second-order valence-electron chi connectivity index (χ2n) is 13.4. The van der Waals surface area contributed by atoms with Crippen molar-refractivity contribution in [3.8, 4) is 0 Å². The summed E-state index contributed by atoms with van der Waals surface area (Å²) < 4.78 is 2.40. The van der Waals surface area contributed by atoms with Gasteiger partial charge in [-0.2, -0.15) is 0 Å². The second kappa shape index (κ2) is 13.5. The Bertz CT molecular complexity index is 2460. The Morgan fingerprint density at radius 1 is 0.288 bits per heavy atom. The van der Waals surface area contributed by atoms with Gasteiger partial charge >= 0.3 is 0 Å². The van der Waals surface area contributed by atoms with Gasteiger partial charge in [0.2, 0.25) is 0 Å².